The number of aromatic nitrogens is 1. The van der Waals surface area contributed by atoms with E-state index >= 15 is 0 Å². The van der Waals surface area contributed by atoms with E-state index in [1.54, 1.807) is 6.20 Å². The lowest BCUT2D eigenvalue weighted by atomic mass is 10.2. The minimum absolute atomic E-state index is 0.967. The van der Waals surface area contributed by atoms with E-state index < -0.39 is 0 Å². The molecule has 88 valence electrons. The van der Waals surface area contributed by atoms with Crippen molar-refractivity contribution in [2.24, 2.45) is 0 Å². The Morgan fingerprint density at radius 1 is 0.667 bits per heavy atom. The standard InChI is InChI=1S/C17H15N/c1(4-10-16-11-5-3-6-12-16)2-7-13-17-14-8-9-15-18-17/h1-15H. The maximum Gasteiger partial charge on any atom is 0.0629 e. The van der Waals surface area contributed by atoms with Gasteiger partial charge >= 0.3 is 0 Å². The minimum atomic E-state index is 0.967. The number of rotatable bonds is 4. The summed E-state index contributed by atoms with van der Waals surface area (Å²) in [6.07, 6.45) is 13.9. The van der Waals surface area contributed by atoms with Gasteiger partial charge < -0.3 is 0 Å². The average molecular weight is 233 g/mol. The number of hydrogen-bond acceptors (Lipinski definition) is 1. The molecule has 0 unspecified atom stereocenters. The summed E-state index contributed by atoms with van der Waals surface area (Å²) in [6.45, 7) is 0. The molecule has 1 aromatic heterocycles. The molecule has 2 rings (SSSR count). The molecule has 0 atom stereocenters. The fourth-order valence-electron chi connectivity index (χ4n) is 1.49. The van der Waals surface area contributed by atoms with Gasteiger partial charge in [0.1, 0.15) is 0 Å². The fourth-order valence-corrected chi connectivity index (χ4v) is 1.49. The van der Waals surface area contributed by atoms with Gasteiger partial charge in [0.25, 0.3) is 0 Å². The molecule has 0 amide bonds. The van der Waals surface area contributed by atoms with Crippen LogP contribution in [0.4, 0.5) is 0 Å². The van der Waals surface area contributed by atoms with E-state index in [1.807, 2.05) is 66.8 Å². The Balaban J connectivity index is 1.86. The summed E-state index contributed by atoms with van der Waals surface area (Å²) >= 11 is 0. The molecule has 0 saturated heterocycles. The quantitative estimate of drug-likeness (QED) is 0.715. The van der Waals surface area contributed by atoms with Gasteiger partial charge in [0.05, 0.1) is 5.69 Å². The fraction of sp³-hybridized carbons (Fsp3) is 0. The molecular formula is C17H15N. The van der Waals surface area contributed by atoms with Crippen LogP contribution in [0.5, 0.6) is 0 Å². The first kappa shape index (κ1) is 12.1. The first-order valence-corrected chi connectivity index (χ1v) is 5.93. The second kappa shape index (κ2) is 7.02. The Kier molecular flexibility index (Phi) is 4.70. The molecule has 0 bridgehead atoms. The molecule has 1 nitrogen and oxygen atoms in total. The van der Waals surface area contributed by atoms with Crippen molar-refractivity contribution in [3.63, 3.8) is 0 Å². The zero-order valence-corrected chi connectivity index (χ0v) is 10.1. The number of pyridine rings is 1. The highest BCUT2D eigenvalue weighted by Gasteiger charge is 1.81. The lowest BCUT2D eigenvalue weighted by Crippen LogP contribution is -1.74. The molecule has 0 spiro atoms. The van der Waals surface area contributed by atoms with Gasteiger partial charge in [0.15, 0.2) is 0 Å². The van der Waals surface area contributed by atoms with E-state index in [1.165, 1.54) is 5.56 Å². The van der Waals surface area contributed by atoms with Crippen molar-refractivity contribution in [1.29, 1.82) is 0 Å². The average Bonchev–Trinajstić information content (AvgIpc) is 2.45. The third kappa shape index (κ3) is 4.22. The van der Waals surface area contributed by atoms with Gasteiger partial charge in [-0.05, 0) is 23.8 Å². The van der Waals surface area contributed by atoms with Crippen molar-refractivity contribution in [1.82, 2.24) is 4.98 Å². The van der Waals surface area contributed by atoms with E-state index in [0.29, 0.717) is 0 Å². The predicted molar refractivity (Wildman–Crippen MR) is 77.9 cm³/mol. The molecular weight excluding hydrogens is 218 g/mol. The number of hydrogen-bond donors (Lipinski definition) is 0. The first-order valence-electron chi connectivity index (χ1n) is 5.93. The molecule has 2 aromatic rings. The Hall–Kier alpha value is -2.41. The molecule has 0 aliphatic rings. The Morgan fingerprint density at radius 3 is 2.11 bits per heavy atom. The van der Waals surface area contributed by atoms with Gasteiger partial charge in [-0.15, -0.1) is 0 Å². The van der Waals surface area contributed by atoms with Crippen molar-refractivity contribution >= 4 is 12.2 Å². The Labute approximate surface area is 108 Å². The summed E-state index contributed by atoms with van der Waals surface area (Å²) in [5.41, 5.74) is 2.17. The zero-order chi connectivity index (χ0) is 12.5. The van der Waals surface area contributed by atoms with Crippen LogP contribution in [-0.2, 0) is 0 Å². The molecule has 1 aromatic carbocycles. The molecule has 0 radical (unpaired) electrons. The Bertz CT molecular complexity index is 485. The third-order valence-corrected chi connectivity index (χ3v) is 2.38. The van der Waals surface area contributed by atoms with Crippen LogP contribution < -0.4 is 0 Å². The monoisotopic (exact) mass is 233 g/mol. The lowest BCUT2D eigenvalue weighted by molar-refractivity contribution is 1.30. The maximum absolute atomic E-state index is 4.21. The highest BCUT2D eigenvalue weighted by molar-refractivity contribution is 5.51. The molecule has 0 aliphatic carbocycles. The third-order valence-electron chi connectivity index (χ3n) is 2.38. The van der Waals surface area contributed by atoms with E-state index in [2.05, 4.69) is 23.2 Å². The van der Waals surface area contributed by atoms with E-state index in [-0.39, 0.29) is 0 Å². The van der Waals surface area contributed by atoms with Gasteiger partial charge in [-0.25, -0.2) is 0 Å². The van der Waals surface area contributed by atoms with Gasteiger partial charge in [-0.1, -0.05) is 66.8 Å². The number of nitrogens with zero attached hydrogens (tertiary/aromatic N) is 1. The zero-order valence-electron chi connectivity index (χ0n) is 10.1. The molecule has 0 saturated carbocycles. The van der Waals surface area contributed by atoms with E-state index in [9.17, 15) is 0 Å². The largest absolute Gasteiger partial charge is 0.257 e. The van der Waals surface area contributed by atoms with Crippen LogP contribution >= 0.6 is 0 Å². The van der Waals surface area contributed by atoms with Crippen molar-refractivity contribution in [3.8, 4) is 0 Å². The van der Waals surface area contributed by atoms with Gasteiger partial charge in [0, 0.05) is 6.20 Å². The van der Waals surface area contributed by atoms with Crippen LogP contribution in [-0.4, -0.2) is 4.98 Å². The molecule has 1 heteroatoms. The van der Waals surface area contributed by atoms with Crippen LogP contribution in [0, 0.1) is 0 Å². The van der Waals surface area contributed by atoms with Crippen molar-refractivity contribution in [3.05, 3.63) is 90.3 Å². The molecule has 0 aliphatic heterocycles. The predicted octanol–water partition coefficient (Wildman–Crippen LogP) is 4.36. The molecule has 1 heterocycles. The van der Waals surface area contributed by atoms with E-state index in [0.717, 1.165) is 5.69 Å². The highest BCUT2D eigenvalue weighted by Crippen LogP contribution is 2.01. The second-order valence-corrected chi connectivity index (χ2v) is 3.77. The van der Waals surface area contributed by atoms with Gasteiger partial charge in [-0.2, -0.15) is 0 Å². The number of allylic oxidation sites excluding steroid dienone is 4. The van der Waals surface area contributed by atoms with Crippen LogP contribution in [0.2, 0.25) is 0 Å². The lowest BCUT2D eigenvalue weighted by Gasteiger charge is -1.88. The first-order chi connectivity index (χ1) is 8.95. The van der Waals surface area contributed by atoms with Crippen LogP contribution in [0.25, 0.3) is 12.2 Å². The smallest absolute Gasteiger partial charge is 0.0629 e. The summed E-state index contributed by atoms with van der Waals surface area (Å²) in [6, 6.07) is 16.1. The van der Waals surface area contributed by atoms with Crippen LogP contribution in [0.1, 0.15) is 11.3 Å². The topological polar surface area (TPSA) is 12.9 Å². The summed E-state index contributed by atoms with van der Waals surface area (Å²) in [5, 5.41) is 0. The molecule has 18 heavy (non-hydrogen) atoms. The number of benzene rings is 1. The van der Waals surface area contributed by atoms with Gasteiger partial charge in [0.2, 0.25) is 0 Å². The summed E-state index contributed by atoms with van der Waals surface area (Å²) in [7, 11) is 0. The van der Waals surface area contributed by atoms with Crippen molar-refractivity contribution < 1.29 is 0 Å². The summed E-state index contributed by atoms with van der Waals surface area (Å²) in [5.74, 6) is 0. The Morgan fingerprint density at radius 2 is 1.39 bits per heavy atom. The summed E-state index contributed by atoms with van der Waals surface area (Å²) < 4.78 is 0. The second-order valence-electron chi connectivity index (χ2n) is 3.77. The minimum Gasteiger partial charge on any atom is -0.257 e. The normalized spacial score (nSPS) is 11.8. The molecule has 0 fully saturated rings. The SMILES string of the molecule is C(=CC=Cc1ccccn1)C=Cc1ccccc1. The van der Waals surface area contributed by atoms with Crippen LogP contribution in [0.3, 0.4) is 0 Å². The highest BCUT2D eigenvalue weighted by atomic mass is 14.6. The van der Waals surface area contributed by atoms with Crippen molar-refractivity contribution in [2.75, 3.05) is 0 Å². The van der Waals surface area contributed by atoms with E-state index in [4.69, 9.17) is 0 Å². The van der Waals surface area contributed by atoms with Crippen molar-refractivity contribution in [2.45, 2.75) is 0 Å². The van der Waals surface area contributed by atoms with Crippen LogP contribution in [0.15, 0.2) is 79.0 Å². The maximum atomic E-state index is 4.21. The summed E-state index contributed by atoms with van der Waals surface area (Å²) in [4.78, 5) is 4.21. The van der Waals surface area contributed by atoms with Gasteiger partial charge in [-0.3, -0.25) is 4.98 Å². The molecule has 0 N–H and O–H groups in total.